The summed E-state index contributed by atoms with van der Waals surface area (Å²) in [5, 5.41) is 9.54. The standard InChI is InChI=1S/C20H26N2O4/c1-19(2)15(9-10-20(19,3)18(25)26)17(24)22-21-16(23)14-11-13(14)12-7-5-4-6-8-12/h4-8,13-15H,9-11H2,1-3H3,(H,21,23)(H,22,24)(H,25,26)/t13-,14-,15+,20-/m1/s1. The summed E-state index contributed by atoms with van der Waals surface area (Å²) in [5.41, 5.74) is 4.54. The zero-order valence-corrected chi connectivity index (χ0v) is 15.4. The molecule has 26 heavy (non-hydrogen) atoms. The highest BCUT2D eigenvalue weighted by Crippen LogP contribution is 2.56. The van der Waals surface area contributed by atoms with Crippen molar-refractivity contribution in [2.45, 2.75) is 46.0 Å². The van der Waals surface area contributed by atoms with Crippen LogP contribution < -0.4 is 10.9 Å². The first-order chi connectivity index (χ1) is 12.2. The summed E-state index contributed by atoms with van der Waals surface area (Å²) in [5.74, 6) is -1.77. The highest BCUT2D eigenvalue weighted by molar-refractivity contribution is 5.88. The van der Waals surface area contributed by atoms with Gasteiger partial charge in [-0.3, -0.25) is 25.2 Å². The SMILES string of the molecule is CC1(C)[C@H](C(=O)NNC(=O)[C@@H]2C[C@@H]2c2ccccc2)CC[C@]1(C)C(=O)O. The second kappa shape index (κ2) is 6.41. The molecule has 0 heterocycles. The molecule has 6 nitrogen and oxygen atoms in total. The van der Waals surface area contributed by atoms with Crippen LogP contribution in [0.1, 0.15) is 51.5 Å². The maximum absolute atomic E-state index is 12.6. The molecule has 2 fully saturated rings. The van der Waals surface area contributed by atoms with Gasteiger partial charge < -0.3 is 5.11 Å². The fraction of sp³-hybridized carbons (Fsp3) is 0.550. The maximum atomic E-state index is 12.6. The smallest absolute Gasteiger partial charge is 0.309 e. The van der Waals surface area contributed by atoms with Gasteiger partial charge in [-0.15, -0.1) is 0 Å². The summed E-state index contributed by atoms with van der Waals surface area (Å²) in [4.78, 5) is 36.5. The van der Waals surface area contributed by atoms with Gasteiger partial charge in [-0.1, -0.05) is 44.2 Å². The summed E-state index contributed by atoms with van der Waals surface area (Å²) in [6.45, 7) is 5.31. The summed E-state index contributed by atoms with van der Waals surface area (Å²) in [6, 6.07) is 9.85. The number of hydrogen-bond donors (Lipinski definition) is 3. The molecule has 3 N–H and O–H groups in total. The molecule has 2 aliphatic rings. The first kappa shape index (κ1) is 18.4. The van der Waals surface area contributed by atoms with E-state index in [1.54, 1.807) is 6.92 Å². The van der Waals surface area contributed by atoms with Gasteiger partial charge in [0.1, 0.15) is 0 Å². The molecule has 2 amide bonds. The average molecular weight is 358 g/mol. The van der Waals surface area contributed by atoms with Crippen LogP contribution in [0.15, 0.2) is 30.3 Å². The van der Waals surface area contributed by atoms with Crippen LogP contribution in [0.25, 0.3) is 0 Å². The zero-order chi connectivity index (χ0) is 19.1. The molecule has 2 aliphatic carbocycles. The zero-order valence-electron chi connectivity index (χ0n) is 15.4. The Balaban J connectivity index is 1.55. The van der Waals surface area contributed by atoms with E-state index in [4.69, 9.17) is 0 Å². The monoisotopic (exact) mass is 358 g/mol. The van der Waals surface area contributed by atoms with Gasteiger partial charge in [-0.2, -0.15) is 0 Å². The number of amides is 2. The lowest BCUT2D eigenvalue weighted by molar-refractivity contribution is -0.155. The lowest BCUT2D eigenvalue weighted by Crippen LogP contribution is -2.50. The molecule has 0 aliphatic heterocycles. The lowest BCUT2D eigenvalue weighted by atomic mass is 9.65. The van der Waals surface area contributed by atoms with E-state index >= 15 is 0 Å². The highest BCUT2D eigenvalue weighted by atomic mass is 16.4. The molecule has 1 aromatic carbocycles. The second-order valence-corrected chi connectivity index (χ2v) is 8.29. The van der Waals surface area contributed by atoms with Crippen molar-refractivity contribution in [2.75, 3.05) is 0 Å². The van der Waals surface area contributed by atoms with Crippen LogP contribution in [-0.2, 0) is 14.4 Å². The third-order valence-electron chi connectivity index (χ3n) is 6.68. The Morgan fingerprint density at radius 2 is 1.65 bits per heavy atom. The van der Waals surface area contributed by atoms with Crippen LogP contribution in [0.4, 0.5) is 0 Å². The average Bonchev–Trinajstić information content (AvgIpc) is 3.36. The quantitative estimate of drug-likeness (QED) is 0.721. The summed E-state index contributed by atoms with van der Waals surface area (Å²) in [6.07, 6.45) is 1.71. The Morgan fingerprint density at radius 3 is 2.23 bits per heavy atom. The molecule has 0 aromatic heterocycles. The van der Waals surface area contributed by atoms with Gasteiger partial charge in [0.15, 0.2) is 0 Å². The van der Waals surface area contributed by atoms with Gasteiger partial charge in [-0.25, -0.2) is 0 Å². The molecule has 0 saturated heterocycles. The number of carboxylic acid groups (broad SMARTS) is 1. The topological polar surface area (TPSA) is 95.5 Å². The van der Waals surface area contributed by atoms with Crippen LogP contribution in [0.2, 0.25) is 0 Å². The van der Waals surface area contributed by atoms with Crippen molar-refractivity contribution in [1.82, 2.24) is 10.9 Å². The largest absolute Gasteiger partial charge is 0.481 e. The van der Waals surface area contributed by atoms with Crippen molar-refractivity contribution >= 4 is 17.8 Å². The Morgan fingerprint density at radius 1 is 1.04 bits per heavy atom. The lowest BCUT2D eigenvalue weighted by Gasteiger charge is -2.37. The van der Waals surface area contributed by atoms with E-state index in [-0.39, 0.29) is 23.7 Å². The van der Waals surface area contributed by atoms with E-state index in [0.29, 0.717) is 12.8 Å². The van der Waals surface area contributed by atoms with E-state index < -0.39 is 22.7 Å². The normalized spacial score (nSPS) is 31.9. The van der Waals surface area contributed by atoms with Crippen LogP contribution in [0, 0.1) is 22.7 Å². The van der Waals surface area contributed by atoms with Gasteiger partial charge in [0.25, 0.3) is 0 Å². The van der Waals surface area contributed by atoms with E-state index in [0.717, 1.165) is 12.0 Å². The Hall–Kier alpha value is -2.37. The molecule has 0 spiro atoms. The minimum atomic E-state index is -0.950. The minimum absolute atomic E-state index is 0.126. The highest BCUT2D eigenvalue weighted by Gasteiger charge is 2.58. The number of hydrogen-bond acceptors (Lipinski definition) is 3. The van der Waals surface area contributed by atoms with Gasteiger partial charge in [0.05, 0.1) is 5.41 Å². The first-order valence-electron chi connectivity index (χ1n) is 9.06. The number of carboxylic acids is 1. The van der Waals surface area contributed by atoms with Crippen molar-refractivity contribution in [3.05, 3.63) is 35.9 Å². The van der Waals surface area contributed by atoms with E-state index in [1.807, 2.05) is 44.2 Å². The van der Waals surface area contributed by atoms with Crippen molar-refractivity contribution in [1.29, 1.82) is 0 Å². The number of rotatable bonds is 4. The molecule has 0 radical (unpaired) electrons. The molecule has 0 bridgehead atoms. The summed E-state index contributed by atoms with van der Waals surface area (Å²) < 4.78 is 0. The fourth-order valence-corrected chi connectivity index (χ4v) is 4.20. The van der Waals surface area contributed by atoms with Crippen LogP contribution >= 0.6 is 0 Å². The molecule has 2 saturated carbocycles. The molecule has 6 heteroatoms. The molecule has 4 atom stereocenters. The second-order valence-electron chi connectivity index (χ2n) is 8.29. The minimum Gasteiger partial charge on any atom is -0.481 e. The van der Waals surface area contributed by atoms with Crippen molar-refractivity contribution in [2.24, 2.45) is 22.7 Å². The van der Waals surface area contributed by atoms with Crippen LogP contribution in [0.5, 0.6) is 0 Å². The van der Waals surface area contributed by atoms with Gasteiger partial charge >= 0.3 is 5.97 Å². The van der Waals surface area contributed by atoms with Gasteiger partial charge in [0, 0.05) is 11.8 Å². The Kier molecular flexibility index (Phi) is 4.54. The predicted molar refractivity (Wildman–Crippen MR) is 95.8 cm³/mol. The summed E-state index contributed by atoms with van der Waals surface area (Å²) >= 11 is 0. The molecule has 1 aromatic rings. The number of hydrazine groups is 1. The Labute approximate surface area is 153 Å². The third-order valence-corrected chi connectivity index (χ3v) is 6.68. The summed E-state index contributed by atoms with van der Waals surface area (Å²) in [7, 11) is 0. The van der Waals surface area contributed by atoms with Gasteiger partial charge in [0.2, 0.25) is 11.8 Å². The molecular weight excluding hydrogens is 332 g/mol. The van der Waals surface area contributed by atoms with Crippen molar-refractivity contribution < 1.29 is 19.5 Å². The van der Waals surface area contributed by atoms with E-state index in [1.165, 1.54) is 0 Å². The fourth-order valence-electron chi connectivity index (χ4n) is 4.20. The van der Waals surface area contributed by atoms with Crippen molar-refractivity contribution in [3.63, 3.8) is 0 Å². The molecule has 3 rings (SSSR count). The van der Waals surface area contributed by atoms with E-state index in [2.05, 4.69) is 10.9 Å². The number of carbonyl (C=O) groups is 3. The van der Waals surface area contributed by atoms with Crippen LogP contribution in [0.3, 0.4) is 0 Å². The van der Waals surface area contributed by atoms with Gasteiger partial charge in [-0.05, 0) is 43.1 Å². The number of nitrogens with one attached hydrogen (secondary N) is 2. The third kappa shape index (κ3) is 2.97. The maximum Gasteiger partial charge on any atom is 0.309 e. The first-order valence-corrected chi connectivity index (χ1v) is 9.06. The Bertz CT molecular complexity index is 731. The number of aliphatic carboxylic acids is 1. The molecule has 140 valence electrons. The molecular formula is C20H26N2O4. The number of carbonyl (C=O) groups excluding carboxylic acids is 2. The van der Waals surface area contributed by atoms with E-state index in [9.17, 15) is 19.5 Å². The van der Waals surface area contributed by atoms with Crippen molar-refractivity contribution in [3.8, 4) is 0 Å². The van der Waals surface area contributed by atoms with Crippen LogP contribution in [-0.4, -0.2) is 22.9 Å². The number of benzene rings is 1. The predicted octanol–water partition coefficient (Wildman–Crippen LogP) is 2.46. The molecule has 0 unspecified atom stereocenters.